The molecule has 1 aliphatic carbocycles. The number of carbonyl (C=O) groups excluding carboxylic acids is 2. The molecule has 2 fully saturated rings. The summed E-state index contributed by atoms with van der Waals surface area (Å²) in [6.45, 7) is 2.15. The lowest BCUT2D eigenvalue weighted by Crippen LogP contribution is -2.39. The van der Waals surface area contributed by atoms with Gasteiger partial charge in [-0.25, -0.2) is 4.79 Å². The number of hydrogen-bond donors (Lipinski definition) is 1. The molecule has 11 heteroatoms. The Kier molecular flexibility index (Phi) is 7.43. The Bertz CT molecular complexity index is 1110. The minimum Gasteiger partial charge on any atom is -0.447 e. The Morgan fingerprint density at radius 1 is 0.946 bits per heavy atom. The first-order valence-electron chi connectivity index (χ1n) is 12.0. The van der Waals surface area contributed by atoms with Crippen LogP contribution in [0.25, 0.3) is 0 Å². The summed E-state index contributed by atoms with van der Waals surface area (Å²) in [6.07, 6.45) is -7.56. The van der Waals surface area contributed by atoms with Crippen molar-refractivity contribution in [2.75, 3.05) is 18.1 Å². The minimum atomic E-state index is -4.97. The van der Waals surface area contributed by atoms with Crippen molar-refractivity contribution in [3.8, 4) is 0 Å². The number of carbonyl (C=O) groups is 2. The van der Waals surface area contributed by atoms with E-state index in [1.165, 1.54) is 6.92 Å². The lowest BCUT2D eigenvalue weighted by Gasteiger charge is -2.30. The summed E-state index contributed by atoms with van der Waals surface area (Å²) < 4.78 is 84.0. The second kappa shape index (κ2) is 10.3. The van der Waals surface area contributed by atoms with Crippen LogP contribution in [0, 0.1) is 0 Å². The van der Waals surface area contributed by atoms with Crippen LogP contribution >= 0.6 is 0 Å². The number of nitrogens with zero attached hydrogens (tertiary/aromatic N) is 1. The molecule has 1 heterocycles. The van der Waals surface area contributed by atoms with Gasteiger partial charge in [0.2, 0.25) is 5.91 Å². The van der Waals surface area contributed by atoms with Crippen LogP contribution in [0.2, 0.25) is 0 Å². The summed E-state index contributed by atoms with van der Waals surface area (Å²) in [4.78, 5) is 26.0. The van der Waals surface area contributed by atoms with Crippen molar-refractivity contribution in [1.29, 1.82) is 0 Å². The molecule has 2 aliphatic rings. The van der Waals surface area contributed by atoms with Crippen LogP contribution in [0.4, 0.5) is 36.8 Å². The Morgan fingerprint density at radius 2 is 1.51 bits per heavy atom. The van der Waals surface area contributed by atoms with Gasteiger partial charge in [0.15, 0.2) is 0 Å². The summed E-state index contributed by atoms with van der Waals surface area (Å²) in [7, 11) is 0. The summed E-state index contributed by atoms with van der Waals surface area (Å²) >= 11 is 0. The third-order valence-electron chi connectivity index (χ3n) is 7.01. The average molecular weight is 528 g/mol. The van der Waals surface area contributed by atoms with Crippen molar-refractivity contribution in [3.63, 3.8) is 0 Å². The van der Waals surface area contributed by atoms with Crippen LogP contribution < -0.4 is 10.2 Å². The zero-order chi connectivity index (χ0) is 27.0. The van der Waals surface area contributed by atoms with Crippen molar-refractivity contribution in [2.24, 2.45) is 0 Å². The highest BCUT2D eigenvalue weighted by molar-refractivity contribution is 5.89. The van der Waals surface area contributed by atoms with Crippen molar-refractivity contribution in [1.82, 2.24) is 5.32 Å². The molecular weight excluding hydrogens is 502 g/mol. The van der Waals surface area contributed by atoms with E-state index in [9.17, 15) is 35.9 Å². The van der Waals surface area contributed by atoms with Crippen LogP contribution in [-0.4, -0.2) is 31.2 Å². The van der Waals surface area contributed by atoms with E-state index in [4.69, 9.17) is 4.74 Å². The fraction of sp³-hybridized carbons (Fsp3) is 0.462. The van der Waals surface area contributed by atoms with Gasteiger partial charge >= 0.3 is 18.4 Å². The molecule has 5 nitrogen and oxygen atoms in total. The quantitative estimate of drug-likeness (QED) is 0.444. The molecular formula is C26H26F6N2O3. The normalized spacial score (nSPS) is 21.5. The maximum atomic E-state index is 13.2. The number of ether oxygens (including phenoxy) is 1. The Hall–Kier alpha value is -3.24. The van der Waals surface area contributed by atoms with E-state index in [2.05, 4.69) is 5.32 Å². The summed E-state index contributed by atoms with van der Waals surface area (Å²) in [6, 6.07) is 8.67. The van der Waals surface area contributed by atoms with Gasteiger partial charge < -0.3 is 10.1 Å². The highest BCUT2D eigenvalue weighted by atomic mass is 19.4. The first-order valence-corrected chi connectivity index (χ1v) is 12.0. The number of nitrogens with one attached hydrogen (secondary N) is 1. The molecule has 1 atom stereocenters. The number of alkyl halides is 6. The van der Waals surface area contributed by atoms with Gasteiger partial charge in [-0.3, -0.25) is 9.69 Å². The lowest BCUT2D eigenvalue weighted by atomic mass is 9.81. The summed E-state index contributed by atoms with van der Waals surface area (Å²) in [5.74, 6) is -1.56. The van der Waals surface area contributed by atoms with Crippen molar-refractivity contribution >= 4 is 17.7 Å². The molecule has 200 valence electrons. The Labute approximate surface area is 209 Å². The molecule has 2 amide bonds. The topological polar surface area (TPSA) is 58.6 Å². The SMILES string of the molecule is CC(C(=O)NC1CCC(c2ccc(N3CCOC3=O)cc2)CC1)c1cc(C(F)(F)F)cc(C(F)(F)F)c1. The van der Waals surface area contributed by atoms with Gasteiger partial charge in [0.1, 0.15) is 6.61 Å². The van der Waals surface area contributed by atoms with Crippen LogP contribution in [-0.2, 0) is 21.9 Å². The molecule has 1 aliphatic heterocycles. The standard InChI is InChI=1S/C26H26F6N2O3/c1-15(18-12-19(25(27,28)29)14-20(13-18)26(30,31)32)23(35)33-21-6-2-16(3-7-21)17-4-8-22(9-5-17)34-10-11-37-24(34)36/h4-5,8-9,12-16,21H,2-3,6-7,10-11H2,1H3,(H,33,35). The van der Waals surface area contributed by atoms with Crippen LogP contribution in [0.1, 0.15) is 66.7 Å². The molecule has 2 aromatic carbocycles. The number of halogens is 6. The number of hydrogen-bond acceptors (Lipinski definition) is 3. The molecule has 1 N–H and O–H groups in total. The maximum absolute atomic E-state index is 13.2. The van der Waals surface area contributed by atoms with Gasteiger partial charge in [-0.1, -0.05) is 12.1 Å². The molecule has 2 aromatic rings. The fourth-order valence-corrected chi connectivity index (χ4v) is 4.83. The number of rotatable bonds is 5. The second-order valence-corrected chi connectivity index (χ2v) is 9.48. The molecule has 0 aromatic heterocycles. The van der Waals surface area contributed by atoms with E-state index in [1.807, 2.05) is 24.3 Å². The van der Waals surface area contributed by atoms with Crippen molar-refractivity contribution < 1.29 is 40.7 Å². The monoisotopic (exact) mass is 528 g/mol. The van der Waals surface area contributed by atoms with Crippen LogP contribution in [0.15, 0.2) is 42.5 Å². The number of cyclic esters (lactones) is 1. The summed E-state index contributed by atoms with van der Waals surface area (Å²) in [5.41, 5.74) is -1.37. The molecule has 4 rings (SSSR count). The van der Waals surface area contributed by atoms with E-state index in [-0.39, 0.29) is 29.7 Å². The number of amides is 2. The van der Waals surface area contributed by atoms with E-state index < -0.39 is 35.3 Å². The fourth-order valence-electron chi connectivity index (χ4n) is 4.83. The minimum absolute atomic E-state index is 0.0543. The Balaban J connectivity index is 1.36. The van der Waals surface area contributed by atoms with Gasteiger partial charge in [0.05, 0.1) is 23.6 Å². The van der Waals surface area contributed by atoms with Crippen molar-refractivity contribution in [3.05, 3.63) is 64.7 Å². The molecule has 0 spiro atoms. The molecule has 1 saturated heterocycles. The zero-order valence-electron chi connectivity index (χ0n) is 20.0. The third-order valence-corrected chi connectivity index (χ3v) is 7.01. The molecule has 1 saturated carbocycles. The van der Waals surface area contributed by atoms with Crippen LogP contribution in [0.5, 0.6) is 0 Å². The average Bonchev–Trinajstić information content (AvgIpc) is 3.28. The van der Waals surface area contributed by atoms with Crippen LogP contribution in [0.3, 0.4) is 0 Å². The number of benzene rings is 2. The highest BCUT2D eigenvalue weighted by Crippen LogP contribution is 2.38. The molecule has 1 unspecified atom stereocenters. The lowest BCUT2D eigenvalue weighted by molar-refractivity contribution is -0.143. The largest absolute Gasteiger partial charge is 0.447 e. The first kappa shape index (κ1) is 26.8. The third kappa shape index (κ3) is 6.19. The predicted octanol–water partition coefficient (Wildman–Crippen LogP) is 6.63. The second-order valence-electron chi connectivity index (χ2n) is 9.48. The predicted molar refractivity (Wildman–Crippen MR) is 123 cm³/mol. The van der Waals surface area contributed by atoms with Crippen molar-refractivity contribution in [2.45, 2.75) is 62.8 Å². The maximum Gasteiger partial charge on any atom is 0.416 e. The van der Waals surface area contributed by atoms with Gasteiger partial charge in [-0.05, 0) is 80.0 Å². The van der Waals surface area contributed by atoms with E-state index >= 15 is 0 Å². The van der Waals surface area contributed by atoms with E-state index in [1.54, 1.807) is 4.90 Å². The van der Waals surface area contributed by atoms with Gasteiger partial charge in [0, 0.05) is 11.7 Å². The first-order chi connectivity index (χ1) is 17.3. The van der Waals surface area contributed by atoms with Gasteiger partial charge in [-0.2, -0.15) is 26.3 Å². The molecule has 0 bridgehead atoms. The van der Waals surface area contributed by atoms with Gasteiger partial charge in [0.25, 0.3) is 0 Å². The zero-order valence-corrected chi connectivity index (χ0v) is 20.0. The number of anilines is 1. The molecule has 0 radical (unpaired) electrons. The molecule has 37 heavy (non-hydrogen) atoms. The highest BCUT2D eigenvalue weighted by Gasteiger charge is 2.38. The van der Waals surface area contributed by atoms with Gasteiger partial charge in [-0.15, -0.1) is 0 Å². The van der Waals surface area contributed by atoms with E-state index in [0.717, 1.165) is 24.1 Å². The summed E-state index contributed by atoms with van der Waals surface area (Å²) in [5, 5.41) is 2.80. The smallest absolute Gasteiger partial charge is 0.416 e. The van der Waals surface area contributed by atoms with E-state index in [0.29, 0.717) is 38.1 Å². The Morgan fingerprint density at radius 3 is 2.00 bits per heavy atom.